The number of rotatable bonds is 3. The molecule has 5 heteroatoms. The van der Waals surface area contributed by atoms with Crippen molar-refractivity contribution < 1.29 is 9.90 Å². The minimum absolute atomic E-state index is 0.0167. The third-order valence-electron chi connectivity index (χ3n) is 2.91. The van der Waals surface area contributed by atoms with Gasteiger partial charge in [0.25, 0.3) is 5.91 Å². The lowest BCUT2D eigenvalue weighted by Crippen LogP contribution is -2.26. The van der Waals surface area contributed by atoms with Crippen molar-refractivity contribution in [3.05, 3.63) is 47.3 Å². The van der Waals surface area contributed by atoms with E-state index in [1.165, 1.54) is 0 Å². The summed E-state index contributed by atoms with van der Waals surface area (Å²) < 4.78 is 1.69. The van der Waals surface area contributed by atoms with E-state index in [1.807, 2.05) is 26.2 Å². The molecule has 0 atom stereocenters. The van der Waals surface area contributed by atoms with Crippen LogP contribution in [0.2, 0.25) is 0 Å². The molecule has 0 radical (unpaired) electrons. The summed E-state index contributed by atoms with van der Waals surface area (Å²) in [5, 5.41) is 13.9. The Morgan fingerprint density at radius 3 is 2.79 bits per heavy atom. The number of carbonyl (C=O) groups excluding carboxylic acids is 1. The van der Waals surface area contributed by atoms with Crippen molar-refractivity contribution in [2.24, 2.45) is 7.05 Å². The first-order valence-corrected chi connectivity index (χ1v) is 6.00. The number of hydrogen-bond donors (Lipinski definition) is 1. The van der Waals surface area contributed by atoms with Crippen LogP contribution in [0.4, 0.5) is 0 Å². The van der Waals surface area contributed by atoms with Crippen molar-refractivity contribution in [3.8, 4) is 5.75 Å². The van der Waals surface area contributed by atoms with Gasteiger partial charge in [-0.3, -0.25) is 9.48 Å². The Kier molecular flexibility index (Phi) is 3.55. The first-order chi connectivity index (χ1) is 8.97. The Morgan fingerprint density at radius 1 is 1.47 bits per heavy atom. The Bertz CT molecular complexity index is 604. The fraction of sp³-hybridized carbons (Fsp3) is 0.286. The van der Waals surface area contributed by atoms with Gasteiger partial charge in [-0.15, -0.1) is 0 Å². The summed E-state index contributed by atoms with van der Waals surface area (Å²) in [6, 6.07) is 5.04. The highest BCUT2D eigenvalue weighted by Gasteiger charge is 2.16. The Labute approximate surface area is 112 Å². The predicted molar refractivity (Wildman–Crippen MR) is 71.8 cm³/mol. The molecular weight excluding hydrogens is 242 g/mol. The van der Waals surface area contributed by atoms with E-state index in [9.17, 15) is 9.90 Å². The summed E-state index contributed by atoms with van der Waals surface area (Å²) in [6.45, 7) is 2.33. The van der Waals surface area contributed by atoms with Gasteiger partial charge in [-0.2, -0.15) is 5.10 Å². The SMILES string of the molecule is Cc1ccc(C(=O)N(C)Cc2cnn(C)c2)c(O)c1. The van der Waals surface area contributed by atoms with Gasteiger partial charge < -0.3 is 10.0 Å². The lowest BCUT2D eigenvalue weighted by Gasteiger charge is -2.17. The van der Waals surface area contributed by atoms with E-state index < -0.39 is 0 Å². The van der Waals surface area contributed by atoms with E-state index in [-0.39, 0.29) is 11.7 Å². The number of phenols is 1. The molecule has 2 aromatic rings. The summed E-state index contributed by atoms with van der Waals surface area (Å²) in [5.74, 6) is -0.190. The zero-order chi connectivity index (χ0) is 14.0. The molecule has 0 saturated carbocycles. The molecule has 0 spiro atoms. The van der Waals surface area contributed by atoms with E-state index in [0.717, 1.165) is 11.1 Å². The van der Waals surface area contributed by atoms with Crippen LogP contribution >= 0.6 is 0 Å². The fourth-order valence-corrected chi connectivity index (χ4v) is 1.93. The number of carbonyl (C=O) groups is 1. The monoisotopic (exact) mass is 259 g/mol. The highest BCUT2D eigenvalue weighted by molar-refractivity contribution is 5.96. The van der Waals surface area contributed by atoms with E-state index in [1.54, 1.807) is 35.0 Å². The molecule has 0 bridgehead atoms. The molecular formula is C14H17N3O2. The number of aromatic nitrogens is 2. The molecule has 0 fully saturated rings. The number of aromatic hydroxyl groups is 1. The number of hydrogen-bond acceptors (Lipinski definition) is 3. The molecule has 1 aromatic heterocycles. The van der Waals surface area contributed by atoms with E-state index in [2.05, 4.69) is 5.10 Å². The van der Waals surface area contributed by atoms with Crippen molar-refractivity contribution in [3.63, 3.8) is 0 Å². The number of aryl methyl sites for hydroxylation is 2. The smallest absolute Gasteiger partial charge is 0.257 e. The fourth-order valence-electron chi connectivity index (χ4n) is 1.93. The van der Waals surface area contributed by atoms with Crippen LogP contribution in [0.1, 0.15) is 21.5 Å². The molecule has 1 N–H and O–H groups in total. The van der Waals surface area contributed by atoms with Crippen LogP contribution in [0.25, 0.3) is 0 Å². The van der Waals surface area contributed by atoms with Crippen LogP contribution in [0.3, 0.4) is 0 Å². The first-order valence-electron chi connectivity index (χ1n) is 6.00. The first kappa shape index (κ1) is 13.1. The quantitative estimate of drug-likeness (QED) is 0.912. The van der Waals surface area contributed by atoms with Crippen LogP contribution in [-0.2, 0) is 13.6 Å². The van der Waals surface area contributed by atoms with E-state index >= 15 is 0 Å². The molecule has 1 amide bonds. The van der Waals surface area contributed by atoms with Crippen molar-refractivity contribution in [1.82, 2.24) is 14.7 Å². The predicted octanol–water partition coefficient (Wildman–Crippen LogP) is 1.71. The number of nitrogens with zero attached hydrogens (tertiary/aromatic N) is 3. The maximum absolute atomic E-state index is 12.2. The second kappa shape index (κ2) is 5.14. The van der Waals surface area contributed by atoms with Gasteiger partial charge >= 0.3 is 0 Å². The lowest BCUT2D eigenvalue weighted by atomic mass is 10.1. The summed E-state index contributed by atoms with van der Waals surface area (Å²) in [7, 11) is 3.53. The number of benzene rings is 1. The molecule has 2 rings (SSSR count). The average molecular weight is 259 g/mol. The molecule has 0 unspecified atom stereocenters. The van der Waals surface area contributed by atoms with Gasteiger partial charge in [-0.1, -0.05) is 6.07 Å². The summed E-state index contributed by atoms with van der Waals surface area (Å²) >= 11 is 0. The molecule has 0 aliphatic heterocycles. The Morgan fingerprint density at radius 2 is 2.21 bits per heavy atom. The van der Waals surface area contributed by atoms with E-state index in [0.29, 0.717) is 12.1 Å². The van der Waals surface area contributed by atoms with Crippen molar-refractivity contribution >= 4 is 5.91 Å². The van der Waals surface area contributed by atoms with Gasteiger partial charge in [-0.25, -0.2) is 0 Å². The summed E-state index contributed by atoms with van der Waals surface area (Å²) in [5.41, 5.74) is 2.19. The molecule has 1 heterocycles. The molecule has 5 nitrogen and oxygen atoms in total. The second-order valence-corrected chi connectivity index (χ2v) is 4.70. The highest BCUT2D eigenvalue weighted by Crippen LogP contribution is 2.20. The normalized spacial score (nSPS) is 10.5. The molecule has 100 valence electrons. The molecule has 0 aliphatic carbocycles. The van der Waals surface area contributed by atoms with Crippen molar-refractivity contribution in [2.45, 2.75) is 13.5 Å². The molecule has 1 aromatic carbocycles. The molecule has 19 heavy (non-hydrogen) atoms. The van der Waals surface area contributed by atoms with Crippen LogP contribution < -0.4 is 0 Å². The van der Waals surface area contributed by atoms with Gasteiger partial charge in [0.05, 0.1) is 11.8 Å². The molecule has 0 saturated heterocycles. The highest BCUT2D eigenvalue weighted by atomic mass is 16.3. The zero-order valence-electron chi connectivity index (χ0n) is 11.3. The van der Waals surface area contributed by atoms with Gasteiger partial charge in [0.2, 0.25) is 0 Å². The van der Waals surface area contributed by atoms with Crippen LogP contribution in [0.15, 0.2) is 30.6 Å². The third kappa shape index (κ3) is 2.93. The maximum Gasteiger partial charge on any atom is 0.257 e. The van der Waals surface area contributed by atoms with Gasteiger partial charge in [0.15, 0.2) is 0 Å². The lowest BCUT2D eigenvalue weighted by molar-refractivity contribution is 0.0782. The van der Waals surface area contributed by atoms with Crippen LogP contribution in [0.5, 0.6) is 5.75 Å². The van der Waals surface area contributed by atoms with Crippen molar-refractivity contribution in [1.29, 1.82) is 0 Å². The number of phenolic OH excluding ortho intramolecular Hbond substituents is 1. The topological polar surface area (TPSA) is 58.4 Å². The maximum atomic E-state index is 12.2. The van der Waals surface area contributed by atoms with Gasteiger partial charge in [0, 0.05) is 32.4 Å². The minimum atomic E-state index is -0.207. The Balaban J connectivity index is 2.14. The van der Waals surface area contributed by atoms with Crippen LogP contribution in [-0.4, -0.2) is 32.7 Å². The van der Waals surface area contributed by atoms with Gasteiger partial charge in [0.1, 0.15) is 5.75 Å². The largest absolute Gasteiger partial charge is 0.507 e. The van der Waals surface area contributed by atoms with Crippen molar-refractivity contribution in [2.75, 3.05) is 7.05 Å². The summed E-state index contributed by atoms with van der Waals surface area (Å²) in [6.07, 6.45) is 3.58. The van der Waals surface area contributed by atoms with Crippen LogP contribution in [0, 0.1) is 6.92 Å². The number of amides is 1. The minimum Gasteiger partial charge on any atom is -0.507 e. The third-order valence-corrected chi connectivity index (χ3v) is 2.91. The second-order valence-electron chi connectivity index (χ2n) is 4.70. The average Bonchev–Trinajstić information content (AvgIpc) is 2.74. The summed E-state index contributed by atoms with van der Waals surface area (Å²) in [4.78, 5) is 13.8. The molecule has 0 aliphatic rings. The Hall–Kier alpha value is -2.30. The standard InChI is InChI=1S/C14H17N3O2/c1-10-4-5-12(13(18)6-10)14(19)16(2)8-11-7-15-17(3)9-11/h4-7,9,18H,8H2,1-3H3. The van der Waals surface area contributed by atoms with E-state index in [4.69, 9.17) is 0 Å². The zero-order valence-corrected chi connectivity index (χ0v) is 11.3. The van der Waals surface area contributed by atoms with Gasteiger partial charge in [-0.05, 0) is 24.6 Å².